The van der Waals surface area contributed by atoms with Crippen molar-refractivity contribution in [2.24, 2.45) is 0 Å². The van der Waals surface area contributed by atoms with Crippen LogP contribution in [0, 0.1) is 0 Å². The zero-order valence-corrected chi connectivity index (χ0v) is 15.1. The van der Waals surface area contributed by atoms with Gasteiger partial charge in [-0.25, -0.2) is 4.98 Å². The molecule has 0 spiro atoms. The molecule has 3 heterocycles. The molecular formula is C17H17N5OS2. The lowest BCUT2D eigenvalue weighted by Crippen LogP contribution is -2.26. The Kier molecular flexibility index (Phi) is 4.82. The summed E-state index contributed by atoms with van der Waals surface area (Å²) in [7, 11) is 0. The number of aromatic nitrogens is 3. The summed E-state index contributed by atoms with van der Waals surface area (Å²) in [5, 5.41) is 15.1. The lowest BCUT2D eigenvalue weighted by Gasteiger charge is -2.20. The summed E-state index contributed by atoms with van der Waals surface area (Å²) < 4.78 is 3.86. The van der Waals surface area contributed by atoms with Crippen molar-refractivity contribution in [3.63, 3.8) is 0 Å². The molecule has 128 valence electrons. The molecule has 6 nitrogen and oxygen atoms in total. The summed E-state index contributed by atoms with van der Waals surface area (Å²) in [6.45, 7) is 2.04. The number of nitrogens with one attached hydrogen (secondary N) is 2. The summed E-state index contributed by atoms with van der Waals surface area (Å²) in [6.07, 6.45) is 2.17. The lowest BCUT2D eigenvalue weighted by molar-refractivity contribution is 0.102. The maximum atomic E-state index is 12.4. The Morgan fingerprint density at radius 3 is 2.68 bits per heavy atom. The topological polar surface area (TPSA) is 79.8 Å². The van der Waals surface area contributed by atoms with Crippen molar-refractivity contribution in [1.82, 2.24) is 19.9 Å². The number of benzene rings is 1. The minimum absolute atomic E-state index is 0.167. The minimum atomic E-state index is -0.167. The van der Waals surface area contributed by atoms with Crippen LogP contribution in [0.1, 0.15) is 34.3 Å². The number of carbonyl (C=O) groups is 1. The smallest absolute Gasteiger partial charge is 0.275 e. The van der Waals surface area contributed by atoms with Gasteiger partial charge in [-0.3, -0.25) is 4.79 Å². The SMILES string of the molecule is O=C(Nc1ccc(-c2csnn2)cc1)c1csc(C2CCNCC2)n1. The van der Waals surface area contributed by atoms with Crippen LogP contribution < -0.4 is 10.6 Å². The average Bonchev–Trinajstić information content (AvgIpc) is 3.35. The van der Waals surface area contributed by atoms with E-state index in [0.717, 1.165) is 47.9 Å². The van der Waals surface area contributed by atoms with E-state index >= 15 is 0 Å². The molecule has 1 amide bonds. The van der Waals surface area contributed by atoms with Crippen LogP contribution in [0.3, 0.4) is 0 Å². The third-order valence-electron chi connectivity index (χ3n) is 4.24. The van der Waals surface area contributed by atoms with Crippen molar-refractivity contribution < 1.29 is 4.79 Å². The van der Waals surface area contributed by atoms with Crippen molar-refractivity contribution >= 4 is 34.5 Å². The van der Waals surface area contributed by atoms with Gasteiger partial charge >= 0.3 is 0 Å². The predicted octanol–water partition coefficient (Wildman–Crippen LogP) is 3.38. The highest BCUT2D eigenvalue weighted by Crippen LogP contribution is 2.28. The molecule has 0 unspecified atom stereocenters. The summed E-state index contributed by atoms with van der Waals surface area (Å²) >= 11 is 2.90. The molecule has 0 bridgehead atoms. The second-order valence-electron chi connectivity index (χ2n) is 5.92. The van der Waals surface area contributed by atoms with Gasteiger partial charge in [-0.1, -0.05) is 16.6 Å². The fraction of sp³-hybridized carbons (Fsp3) is 0.294. The predicted molar refractivity (Wildman–Crippen MR) is 100 cm³/mol. The van der Waals surface area contributed by atoms with E-state index in [-0.39, 0.29) is 5.91 Å². The quantitative estimate of drug-likeness (QED) is 0.735. The Bertz CT molecular complexity index is 838. The zero-order valence-electron chi connectivity index (χ0n) is 13.4. The average molecular weight is 371 g/mol. The maximum absolute atomic E-state index is 12.4. The van der Waals surface area contributed by atoms with E-state index in [1.807, 2.05) is 35.0 Å². The van der Waals surface area contributed by atoms with Crippen LogP contribution in [-0.4, -0.2) is 33.6 Å². The van der Waals surface area contributed by atoms with Gasteiger partial charge in [0.1, 0.15) is 11.4 Å². The molecule has 0 aliphatic carbocycles. The number of rotatable bonds is 4. The van der Waals surface area contributed by atoms with Crippen molar-refractivity contribution in [3.8, 4) is 11.3 Å². The highest BCUT2D eigenvalue weighted by Gasteiger charge is 2.20. The molecule has 4 rings (SSSR count). The van der Waals surface area contributed by atoms with Crippen LogP contribution in [0.25, 0.3) is 11.3 Å². The van der Waals surface area contributed by atoms with Crippen LogP contribution in [0.4, 0.5) is 5.69 Å². The van der Waals surface area contributed by atoms with E-state index in [0.29, 0.717) is 11.6 Å². The molecule has 1 fully saturated rings. The second kappa shape index (κ2) is 7.38. The van der Waals surface area contributed by atoms with Gasteiger partial charge in [0, 0.05) is 27.9 Å². The van der Waals surface area contributed by atoms with Gasteiger partial charge in [0.15, 0.2) is 0 Å². The molecule has 1 aliphatic rings. The third-order valence-corrected chi connectivity index (χ3v) is 5.75. The number of piperidine rings is 1. The van der Waals surface area contributed by atoms with Crippen LogP contribution in [0.2, 0.25) is 0 Å². The maximum Gasteiger partial charge on any atom is 0.275 e. The van der Waals surface area contributed by atoms with E-state index in [1.165, 1.54) is 11.5 Å². The van der Waals surface area contributed by atoms with E-state index in [9.17, 15) is 4.79 Å². The molecule has 3 aromatic rings. The number of carbonyl (C=O) groups excluding carboxylic acids is 1. The fourth-order valence-electron chi connectivity index (χ4n) is 2.86. The molecule has 0 atom stereocenters. The van der Waals surface area contributed by atoms with Crippen LogP contribution >= 0.6 is 22.9 Å². The van der Waals surface area contributed by atoms with Gasteiger partial charge in [0.25, 0.3) is 5.91 Å². The molecule has 0 saturated carbocycles. The Balaban J connectivity index is 1.42. The lowest BCUT2D eigenvalue weighted by atomic mass is 9.99. The van der Waals surface area contributed by atoms with Crippen molar-refractivity contribution in [3.05, 3.63) is 45.7 Å². The number of anilines is 1. The van der Waals surface area contributed by atoms with Gasteiger partial charge in [0.05, 0.1) is 5.01 Å². The van der Waals surface area contributed by atoms with Crippen LogP contribution in [-0.2, 0) is 0 Å². The van der Waals surface area contributed by atoms with Gasteiger partial charge in [-0.05, 0) is 49.6 Å². The molecular weight excluding hydrogens is 354 g/mol. The van der Waals surface area contributed by atoms with Gasteiger partial charge in [0.2, 0.25) is 0 Å². The second-order valence-corrected chi connectivity index (χ2v) is 7.42. The molecule has 1 aromatic carbocycles. The molecule has 0 radical (unpaired) electrons. The first-order valence-electron chi connectivity index (χ1n) is 8.14. The van der Waals surface area contributed by atoms with E-state index in [4.69, 9.17) is 0 Å². The molecule has 25 heavy (non-hydrogen) atoms. The minimum Gasteiger partial charge on any atom is -0.321 e. The summed E-state index contributed by atoms with van der Waals surface area (Å²) in [6, 6.07) is 7.58. The van der Waals surface area contributed by atoms with E-state index in [1.54, 1.807) is 11.3 Å². The number of thiazole rings is 1. The van der Waals surface area contributed by atoms with Crippen molar-refractivity contribution in [1.29, 1.82) is 0 Å². The Morgan fingerprint density at radius 1 is 1.16 bits per heavy atom. The molecule has 2 aromatic heterocycles. The first kappa shape index (κ1) is 16.3. The normalized spacial score (nSPS) is 15.2. The summed E-state index contributed by atoms with van der Waals surface area (Å²) in [5.41, 5.74) is 3.06. The van der Waals surface area contributed by atoms with Crippen LogP contribution in [0.5, 0.6) is 0 Å². The monoisotopic (exact) mass is 371 g/mol. The largest absolute Gasteiger partial charge is 0.321 e. The van der Waals surface area contributed by atoms with Gasteiger partial charge in [-0.15, -0.1) is 16.4 Å². The van der Waals surface area contributed by atoms with E-state index < -0.39 is 0 Å². The Labute approximate surface area is 153 Å². The Morgan fingerprint density at radius 2 is 1.96 bits per heavy atom. The third kappa shape index (κ3) is 3.76. The van der Waals surface area contributed by atoms with Crippen molar-refractivity contribution in [2.45, 2.75) is 18.8 Å². The molecule has 1 saturated heterocycles. The first-order valence-corrected chi connectivity index (χ1v) is 9.86. The van der Waals surface area contributed by atoms with E-state index in [2.05, 4.69) is 25.2 Å². The highest BCUT2D eigenvalue weighted by atomic mass is 32.1. The van der Waals surface area contributed by atoms with Gasteiger partial charge < -0.3 is 10.6 Å². The highest BCUT2D eigenvalue weighted by molar-refractivity contribution is 7.10. The number of nitrogens with zero attached hydrogens (tertiary/aromatic N) is 3. The molecule has 2 N–H and O–H groups in total. The fourth-order valence-corrected chi connectivity index (χ4v) is 4.29. The number of hydrogen-bond acceptors (Lipinski definition) is 7. The Hall–Kier alpha value is -2.16. The summed E-state index contributed by atoms with van der Waals surface area (Å²) in [5.74, 6) is 0.304. The first-order chi connectivity index (χ1) is 12.3. The summed E-state index contributed by atoms with van der Waals surface area (Å²) in [4.78, 5) is 17.0. The molecule has 8 heteroatoms. The number of amides is 1. The zero-order chi connectivity index (χ0) is 17.1. The number of hydrogen-bond donors (Lipinski definition) is 2. The van der Waals surface area contributed by atoms with Crippen LogP contribution in [0.15, 0.2) is 35.0 Å². The van der Waals surface area contributed by atoms with Crippen molar-refractivity contribution in [2.75, 3.05) is 18.4 Å². The standard InChI is InChI=1S/C17H17N5OS2/c23-16(15-9-24-17(20-15)12-5-7-18-8-6-12)19-13-3-1-11(2-4-13)14-10-25-22-21-14/h1-4,9-10,12,18H,5-8H2,(H,19,23). The van der Waals surface area contributed by atoms with Gasteiger partial charge in [-0.2, -0.15) is 0 Å². The molecule has 1 aliphatic heterocycles.